The highest BCUT2D eigenvalue weighted by Crippen LogP contribution is 2.47. The molecule has 0 aromatic rings. The standard InChI is InChI=1S/C10H15NO5S/c1-6-7-4-5-8(17(3,13)14)10(7,16-11-6)9(12)15-2/h7-8H,4-5H2,1-3H3. The van der Waals surface area contributed by atoms with Crippen molar-refractivity contribution in [1.29, 1.82) is 0 Å². The Bertz CT molecular complexity index is 483. The molecule has 3 atom stereocenters. The highest BCUT2D eigenvalue weighted by atomic mass is 32.2. The number of hydrogen-bond acceptors (Lipinski definition) is 6. The predicted molar refractivity (Wildman–Crippen MR) is 60.3 cm³/mol. The normalized spacial score (nSPS) is 36.1. The zero-order valence-corrected chi connectivity index (χ0v) is 10.8. The molecule has 0 saturated heterocycles. The number of nitrogens with zero attached hydrogens (tertiary/aromatic N) is 1. The van der Waals surface area contributed by atoms with Crippen LogP contribution >= 0.6 is 0 Å². The highest BCUT2D eigenvalue weighted by Gasteiger charge is 2.66. The second-order valence-corrected chi connectivity index (χ2v) is 6.78. The molecule has 1 fully saturated rings. The average Bonchev–Trinajstić information content (AvgIpc) is 2.76. The van der Waals surface area contributed by atoms with Crippen LogP contribution < -0.4 is 0 Å². The summed E-state index contributed by atoms with van der Waals surface area (Å²) in [5.74, 6) is -0.953. The number of fused-ring (bicyclic) bond motifs is 1. The van der Waals surface area contributed by atoms with Crippen LogP contribution in [0.3, 0.4) is 0 Å². The van der Waals surface area contributed by atoms with E-state index in [1.54, 1.807) is 6.92 Å². The molecule has 0 aromatic heterocycles. The number of carbonyl (C=O) groups is 1. The first kappa shape index (κ1) is 12.3. The molecule has 0 N–H and O–H groups in total. The maximum absolute atomic E-state index is 11.9. The van der Waals surface area contributed by atoms with Crippen molar-refractivity contribution >= 4 is 21.5 Å². The van der Waals surface area contributed by atoms with Crippen LogP contribution in [0.4, 0.5) is 0 Å². The number of oxime groups is 1. The maximum atomic E-state index is 11.9. The number of carbonyl (C=O) groups excluding carboxylic acids is 1. The molecule has 1 heterocycles. The van der Waals surface area contributed by atoms with Gasteiger partial charge < -0.3 is 9.57 Å². The lowest BCUT2D eigenvalue weighted by Crippen LogP contribution is -2.54. The smallest absolute Gasteiger partial charge is 0.355 e. The lowest BCUT2D eigenvalue weighted by Gasteiger charge is -2.28. The van der Waals surface area contributed by atoms with Gasteiger partial charge in [0.05, 0.1) is 18.7 Å². The summed E-state index contributed by atoms with van der Waals surface area (Å²) >= 11 is 0. The SMILES string of the molecule is COC(=O)C12ON=C(C)C1CCC2S(C)(=O)=O. The molecule has 96 valence electrons. The molecule has 2 aliphatic rings. The van der Waals surface area contributed by atoms with E-state index in [1.807, 2.05) is 0 Å². The fourth-order valence-electron chi connectivity index (χ4n) is 2.83. The first-order valence-corrected chi connectivity index (χ1v) is 7.29. The summed E-state index contributed by atoms with van der Waals surface area (Å²) in [5.41, 5.74) is -0.812. The molecule has 1 aliphatic carbocycles. The monoisotopic (exact) mass is 261 g/mol. The van der Waals surface area contributed by atoms with Gasteiger partial charge in [-0.3, -0.25) is 0 Å². The Morgan fingerprint density at radius 1 is 1.53 bits per heavy atom. The van der Waals surface area contributed by atoms with Crippen LogP contribution in [0.5, 0.6) is 0 Å². The summed E-state index contributed by atoms with van der Waals surface area (Å²) in [4.78, 5) is 17.1. The summed E-state index contributed by atoms with van der Waals surface area (Å²) < 4.78 is 28.3. The Kier molecular flexibility index (Phi) is 2.68. The number of hydrogen-bond donors (Lipinski definition) is 0. The van der Waals surface area contributed by atoms with Gasteiger partial charge in [0, 0.05) is 6.26 Å². The number of ether oxygens (including phenoxy) is 1. The van der Waals surface area contributed by atoms with Gasteiger partial charge in [0.25, 0.3) is 5.60 Å². The van der Waals surface area contributed by atoms with Gasteiger partial charge in [-0.15, -0.1) is 0 Å². The van der Waals surface area contributed by atoms with Crippen LogP contribution in [-0.2, 0) is 24.2 Å². The van der Waals surface area contributed by atoms with E-state index in [2.05, 4.69) is 5.16 Å². The molecule has 0 bridgehead atoms. The molecule has 3 unspecified atom stereocenters. The fourth-order valence-corrected chi connectivity index (χ4v) is 4.33. The second kappa shape index (κ2) is 3.69. The maximum Gasteiger partial charge on any atom is 0.355 e. The first-order chi connectivity index (χ1) is 7.84. The van der Waals surface area contributed by atoms with Crippen molar-refractivity contribution in [3.05, 3.63) is 0 Å². The van der Waals surface area contributed by atoms with E-state index < -0.39 is 26.7 Å². The van der Waals surface area contributed by atoms with Crippen molar-refractivity contribution in [2.75, 3.05) is 13.4 Å². The lowest BCUT2D eigenvalue weighted by molar-refractivity contribution is -0.168. The van der Waals surface area contributed by atoms with Crippen molar-refractivity contribution in [3.8, 4) is 0 Å². The quantitative estimate of drug-likeness (QED) is 0.660. The molecule has 17 heavy (non-hydrogen) atoms. The Balaban J connectivity index is 2.50. The molecule has 0 radical (unpaired) electrons. The third-order valence-electron chi connectivity index (χ3n) is 3.58. The van der Waals surface area contributed by atoms with Gasteiger partial charge in [-0.05, 0) is 19.8 Å². The molecule has 0 spiro atoms. The molecular formula is C10H15NO5S. The third-order valence-corrected chi connectivity index (χ3v) is 5.20. The third kappa shape index (κ3) is 1.55. The second-order valence-electron chi connectivity index (χ2n) is 4.56. The van der Waals surface area contributed by atoms with Gasteiger partial charge in [0.15, 0.2) is 9.84 Å². The summed E-state index contributed by atoms with van der Waals surface area (Å²) in [6, 6.07) is 0. The van der Waals surface area contributed by atoms with Crippen LogP contribution in [-0.4, -0.2) is 44.3 Å². The predicted octanol–water partition coefficient (Wildman–Crippen LogP) is 0.128. The van der Waals surface area contributed by atoms with Gasteiger partial charge in [0.1, 0.15) is 5.25 Å². The Morgan fingerprint density at radius 2 is 2.18 bits per heavy atom. The first-order valence-electron chi connectivity index (χ1n) is 5.34. The lowest BCUT2D eigenvalue weighted by atomic mass is 9.88. The van der Waals surface area contributed by atoms with Gasteiger partial charge in [-0.25, -0.2) is 13.2 Å². The van der Waals surface area contributed by atoms with Crippen molar-refractivity contribution in [1.82, 2.24) is 0 Å². The minimum atomic E-state index is -3.39. The van der Waals surface area contributed by atoms with Gasteiger partial charge >= 0.3 is 5.97 Å². The molecule has 0 aromatic carbocycles. The minimum Gasteiger partial charge on any atom is -0.466 e. The Hall–Kier alpha value is -1.11. The molecular weight excluding hydrogens is 246 g/mol. The number of esters is 1. The van der Waals surface area contributed by atoms with E-state index in [1.165, 1.54) is 7.11 Å². The van der Waals surface area contributed by atoms with Gasteiger partial charge in [-0.1, -0.05) is 5.16 Å². The largest absolute Gasteiger partial charge is 0.466 e. The zero-order valence-electron chi connectivity index (χ0n) is 9.97. The summed E-state index contributed by atoms with van der Waals surface area (Å²) in [7, 11) is -2.17. The number of methoxy groups -OCH3 is 1. The summed E-state index contributed by atoms with van der Waals surface area (Å²) in [6.07, 6.45) is 2.08. The average molecular weight is 261 g/mol. The summed E-state index contributed by atoms with van der Waals surface area (Å²) in [5, 5.41) is 2.90. The highest BCUT2D eigenvalue weighted by molar-refractivity contribution is 7.91. The molecule has 7 heteroatoms. The fraction of sp³-hybridized carbons (Fsp3) is 0.800. The van der Waals surface area contributed by atoms with Gasteiger partial charge in [0.2, 0.25) is 0 Å². The molecule has 6 nitrogen and oxygen atoms in total. The minimum absolute atomic E-state index is 0.297. The number of rotatable bonds is 2. The van der Waals surface area contributed by atoms with E-state index in [-0.39, 0.29) is 5.92 Å². The van der Waals surface area contributed by atoms with Crippen LogP contribution in [0.25, 0.3) is 0 Å². The van der Waals surface area contributed by atoms with Crippen LogP contribution in [0.1, 0.15) is 19.8 Å². The molecule has 0 amide bonds. The zero-order chi connectivity index (χ0) is 12.8. The van der Waals surface area contributed by atoms with Crippen molar-refractivity contribution in [2.45, 2.75) is 30.6 Å². The van der Waals surface area contributed by atoms with E-state index in [9.17, 15) is 13.2 Å². The molecule has 1 saturated carbocycles. The summed E-state index contributed by atoms with van der Waals surface area (Å²) in [6.45, 7) is 1.74. The van der Waals surface area contributed by atoms with E-state index >= 15 is 0 Å². The van der Waals surface area contributed by atoms with Crippen molar-refractivity contribution in [2.24, 2.45) is 11.1 Å². The van der Waals surface area contributed by atoms with E-state index in [0.29, 0.717) is 18.6 Å². The number of sulfone groups is 1. The van der Waals surface area contributed by atoms with Crippen molar-refractivity contribution in [3.63, 3.8) is 0 Å². The van der Waals surface area contributed by atoms with Crippen LogP contribution in [0.15, 0.2) is 5.16 Å². The van der Waals surface area contributed by atoms with Gasteiger partial charge in [-0.2, -0.15) is 0 Å². The van der Waals surface area contributed by atoms with E-state index in [4.69, 9.17) is 9.57 Å². The topological polar surface area (TPSA) is 82.0 Å². The molecule has 1 aliphatic heterocycles. The van der Waals surface area contributed by atoms with Crippen molar-refractivity contribution < 1.29 is 22.8 Å². The van der Waals surface area contributed by atoms with E-state index in [0.717, 1.165) is 6.26 Å². The Morgan fingerprint density at radius 3 is 2.71 bits per heavy atom. The van der Waals surface area contributed by atoms with Crippen LogP contribution in [0, 0.1) is 5.92 Å². The molecule has 2 rings (SSSR count). The Labute approximate surface area is 99.9 Å². The van der Waals surface area contributed by atoms with Crippen LogP contribution in [0.2, 0.25) is 0 Å².